The first-order valence-electron chi connectivity index (χ1n) is 10.0. The maximum Gasteiger partial charge on any atom is 0.143 e. The van der Waals surface area contributed by atoms with Crippen LogP contribution in [0.1, 0.15) is 11.1 Å². The number of nitrogens with zero attached hydrogens (tertiary/aromatic N) is 3. The topological polar surface area (TPSA) is 51.4 Å². The van der Waals surface area contributed by atoms with Gasteiger partial charge in [-0.2, -0.15) is 5.10 Å². The third-order valence-electron chi connectivity index (χ3n) is 5.88. The van der Waals surface area contributed by atoms with Crippen molar-refractivity contribution < 1.29 is 4.74 Å². The number of methoxy groups -OCH3 is 1. The Balaban J connectivity index is 1.59. The summed E-state index contributed by atoms with van der Waals surface area (Å²) >= 11 is 0. The summed E-state index contributed by atoms with van der Waals surface area (Å²) in [7, 11) is 1.68. The van der Waals surface area contributed by atoms with E-state index in [0.29, 0.717) is 6.54 Å². The number of ether oxygens (including phenoxy) is 1. The van der Waals surface area contributed by atoms with Crippen LogP contribution in [0.3, 0.4) is 0 Å². The van der Waals surface area contributed by atoms with Crippen LogP contribution in [0.15, 0.2) is 71.8 Å². The van der Waals surface area contributed by atoms with Gasteiger partial charge in [0.15, 0.2) is 0 Å². The van der Waals surface area contributed by atoms with E-state index in [1.807, 2.05) is 24.3 Å². The highest BCUT2D eigenvalue weighted by Gasteiger charge is 2.26. The second-order valence-corrected chi connectivity index (χ2v) is 7.71. The fourth-order valence-corrected chi connectivity index (χ4v) is 4.38. The van der Waals surface area contributed by atoms with Crippen molar-refractivity contribution >= 4 is 33.2 Å². The van der Waals surface area contributed by atoms with Crippen molar-refractivity contribution in [1.82, 2.24) is 9.55 Å². The molecule has 6 rings (SSSR count). The monoisotopic (exact) mass is 392 g/mol. The molecule has 0 aliphatic carbocycles. The van der Waals surface area contributed by atoms with Gasteiger partial charge in [-0.3, -0.25) is 5.43 Å². The Morgan fingerprint density at radius 2 is 1.73 bits per heavy atom. The highest BCUT2D eigenvalue weighted by atomic mass is 16.5. The molecule has 0 atom stereocenters. The second kappa shape index (κ2) is 6.32. The first-order chi connectivity index (χ1) is 14.7. The summed E-state index contributed by atoms with van der Waals surface area (Å²) in [5, 5.41) is 8.25. The number of pyridine rings is 1. The molecule has 0 unspecified atom stereocenters. The van der Waals surface area contributed by atoms with Gasteiger partial charge < -0.3 is 9.30 Å². The SMILES string of the molecule is COc1ccc(C2=NNc3c4ccccc4c4c5cc(C)ccc5nc-4n3C2)cc1. The number of hydrazone groups is 1. The first kappa shape index (κ1) is 17.0. The van der Waals surface area contributed by atoms with Gasteiger partial charge in [-0.15, -0.1) is 0 Å². The number of fused-ring (bicyclic) bond motifs is 8. The van der Waals surface area contributed by atoms with Crippen LogP contribution in [0.5, 0.6) is 5.75 Å². The standard InChI is InChI=1S/C25H20N4O/c1-15-7-12-21-20(13-15)23-18-5-3-4-6-19(18)24-28-27-22(14-29(24)25(23)26-21)16-8-10-17(30-2)11-9-16/h3-13,28H,14H2,1-2H3. The van der Waals surface area contributed by atoms with Crippen LogP contribution in [-0.4, -0.2) is 22.4 Å². The first-order valence-corrected chi connectivity index (χ1v) is 10.0. The largest absolute Gasteiger partial charge is 0.497 e. The number of nitrogens with one attached hydrogen (secondary N) is 1. The van der Waals surface area contributed by atoms with E-state index in [2.05, 4.69) is 59.4 Å². The number of aryl methyl sites for hydroxylation is 1. The Morgan fingerprint density at radius 3 is 2.53 bits per heavy atom. The van der Waals surface area contributed by atoms with Crippen LogP contribution in [-0.2, 0) is 6.54 Å². The average molecular weight is 392 g/mol. The maximum absolute atomic E-state index is 5.29. The van der Waals surface area contributed by atoms with E-state index < -0.39 is 0 Å². The normalized spacial score (nSPS) is 13.3. The lowest BCUT2D eigenvalue weighted by Gasteiger charge is -2.25. The van der Waals surface area contributed by atoms with E-state index in [-0.39, 0.29) is 0 Å². The van der Waals surface area contributed by atoms with E-state index in [1.165, 1.54) is 21.9 Å². The molecule has 3 aliphatic rings. The zero-order valence-corrected chi connectivity index (χ0v) is 16.8. The molecule has 3 aliphatic heterocycles. The number of hydrogen-bond acceptors (Lipinski definition) is 4. The fraction of sp³-hybridized carbons (Fsp3) is 0.120. The minimum Gasteiger partial charge on any atom is -0.497 e. The summed E-state index contributed by atoms with van der Waals surface area (Å²) in [5.74, 6) is 2.80. The Morgan fingerprint density at radius 1 is 0.933 bits per heavy atom. The summed E-state index contributed by atoms with van der Waals surface area (Å²) in [6.07, 6.45) is 0. The third-order valence-corrected chi connectivity index (χ3v) is 5.88. The van der Waals surface area contributed by atoms with Crippen molar-refractivity contribution in [2.45, 2.75) is 13.5 Å². The predicted octanol–water partition coefficient (Wildman–Crippen LogP) is 5.44. The molecule has 5 nitrogen and oxygen atoms in total. The molecule has 30 heavy (non-hydrogen) atoms. The van der Waals surface area contributed by atoms with Gasteiger partial charge in [0, 0.05) is 16.3 Å². The van der Waals surface area contributed by atoms with Gasteiger partial charge in [0.25, 0.3) is 0 Å². The molecular weight excluding hydrogens is 372 g/mol. The number of rotatable bonds is 2. The molecule has 0 radical (unpaired) electrons. The van der Waals surface area contributed by atoms with Crippen LogP contribution < -0.4 is 10.2 Å². The fourth-order valence-electron chi connectivity index (χ4n) is 4.38. The van der Waals surface area contributed by atoms with Crippen molar-refractivity contribution in [3.05, 3.63) is 77.9 Å². The van der Waals surface area contributed by atoms with Gasteiger partial charge in [0.05, 0.1) is 24.9 Å². The van der Waals surface area contributed by atoms with E-state index in [1.54, 1.807) is 7.11 Å². The van der Waals surface area contributed by atoms with Crippen molar-refractivity contribution in [2.24, 2.45) is 5.10 Å². The summed E-state index contributed by atoms with van der Waals surface area (Å²) < 4.78 is 7.54. The average Bonchev–Trinajstić information content (AvgIpc) is 3.18. The molecule has 146 valence electrons. The van der Waals surface area contributed by atoms with Gasteiger partial charge in [-0.25, -0.2) is 4.98 Å². The van der Waals surface area contributed by atoms with Crippen molar-refractivity contribution in [3.63, 3.8) is 0 Å². The lowest BCUT2D eigenvalue weighted by molar-refractivity contribution is 0.415. The molecule has 0 spiro atoms. The smallest absolute Gasteiger partial charge is 0.143 e. The lowest BCUT2D eigenvalue weighted by atomic mass is 10.00. The number of hydrogen-bond donors (Lipinski definition) is 1. The highest BCUT2D eigenvalue weighted by Crippen LogP contribution is 2.42. The van der Waals surface area contributed by atoms with Crippen molar-refractivity contribution in [1.29, 1.82) is 0 Å². The quantitative estimate of drug-likeness (QED) is 0.435. The molecule has 0 aromatic heterocycles. The highest BCUT2D eigenvalue weighted by molar-refractivity contribution is 6.14. The van der Waals surface area contributed by atoms with Gasteiger partial charge >= 0.3 is 0 Å². The maximum atomic E-state index is 5.29. The van der Waals surface area contributed by atoms with Gasteiger partial charge in [0.1, 0.15) is 17.4 Å². The van der Waals surface area contributed by atoms with Crippen molar-refractivity contribution in [3.8, 4) is 17.1 Å². The molecule has 0 saturated carbocycles. The number of benzene rings is 3. The third kappa shape index (κ3) is 2.42. The number of anilines is 1. The van der Waals surface area contributed by atoms with Crippen LogP contribution in [0.4, 0.5) is 5.82 Å². The Labute approximate surface area is 174 Å². The van der Waals surface area contributed by atoms with Crippen LogP contribution in [0.25, 0.3) is 33.1 Å². The summed E-state index contributed by atoms with van der Waals surface area (Å²) in [4.78, 5) is 5.02. The molecule has 3 aromatic rings. The summed E-state index contributed by atoms with van der Waals surface area (Å²) in [5.41, 5.74) is 8.80. The zero-order valence-electron chi connectivity index (χ0n) is 16.8. The second-order valence-electron chi connectivity index (χ2n) is 7.71. The molecule has 5 heteroatoms. The van der Waals surface area contributed by atoms with Gasteiger partial charge in [-0.1, -0.05) is 35.9 Å². The molecule has 0 saturated heterocycles. The van der Waals surface area contributed by atoms with E-state index in [0.717, 1.165) is 39.6 Å². The minimum atomic E-state index is 0.651. The molecule has 3 aromatic carbocycles. The van der Waals surface area contributed by atoms with Gasteiger partial charge in [0.2, 0.25) is 0 Å². The molecule has 0 bridgehead atoms. The zero-order chi connectivity index (χ0) is 20.2. The van der Waals surface area contributed by atoms with Crippen LogP contribution in [0.2, 0.25) is 0 Å². The Hall–Kier alpha value is -3.86. The van der Waals surface area contributed by atoms with E-state index in [9.17, 15) is 0 Å². The summed E-state index contributed by atoms with van der Waals surface area (Å²) in [6, 6.07) is 23.0. The number of aromatic nitrogens is 2. The Kier molecular flexibility index (Phi) is 3.59. The molecule has 3 heterocycles. The molecule has 0 fully saturated rings. The molecule has 0 amide bonds. The Bertz CT molecular complexity index is 1430. The van der Waals surface area contributed by atoms with E-state index >= 15 is 0 Å². The molecular formula is C25H20N4O. The minimum absolute atomic E-state index is 0.651. The molecule has 1 N–H and O–H groups in total. The predicted molar refractivity (Wildman–Crippen MR) is 122 cm³/mol. The lowest BCUT2D eigenvalue weighted by Crippen LogP contribution is -2.23. The summed E-state index contributed by atoms with van der Waals surface area (Å²) in [6.45, 7) is 2.78. The van der Waals surface area contributed by atoms with Crippen LogP contribution >= 0.6 is 0 Å². The van der Waals surface area contributed by atoms with Crippen molar-refractivity contribution in [2.75, 3.05) is 12.5 Å². The van der Waals surface area contributed by atoms with Gasteiger partial charge in [-0.05, 0) is 54.3 Å². The van der Waals surface area contributed by atoms with Crippen LogP contribution in [0, 0.1) is 6.92 Å². The van der Waals surface area contributed by atoms with E-state index in [4.69, 9.17) is 14.8 Å².